The van der Waals surface area contributed by atoms with Crippen LogP contribution in [0.4, 0.5) is 5.82 Å². The molecule has 98 valence electrons. The van der Waals surface area contributed by atoms with E-state index in [2.05, 4.69) is 30.0 Å². The molecule has 2 aromatic heterocycles. The Hall–Kier alpha value is -2.57. The van der Waals surface area contributed by atoms with Gasteiger partial charge in [0.1, 0.15) is 23.5 Å². The number of rotatable bonds is 4. The van der Waals surface area contributed by atoms with Gasteiger partial charge in [-0.3, -0.25) is 0 Å². The zero-order chi connectivity index (χ0) is 13.7. The number of nitrogens with zero attached hydrogens (tertiary/aromatic N) is 4. The van der Waals surface area contributed by atoms with Gasteiger partial charge in [0.05, 0.1) is 19.3 Å². The molecule has 0 bridgehead atoms. The molecule has 0 amide bonds. The smallest absolute Gasteiger partial charge is 0.343 e. The van der Waals surface area contributed by atoms with E-state index in [0.29, 0.717) is 18.2 Å². The van der Waals surface area contributed by atoms with Crippen molar-refractivity contribution < 1.29 is 9.53 Å². The lowest BCUT2D eigenvalue weighted by atomic mass is 10.3. The van der Waals surface area contributed by atoms with Crippen LogP contribution in [0.1, 0.15) is 21.9 Å². The Labute approximate surface area is 110 Å². The molecule has 0 aromatic carbocycles. The van der Waals surface area contributed by atoms with Crippen molar-refractivity contribution in [3.05, 3.63) is 41.9 Å². The number of aromatic nitrogens is 4. The van der Waals surface area contributed by atoms with Gasteiger partial charge in [-0.2, -0.15) is 0 Å². The van der Waals surface area contributed by atoms with Gasteiger partial charge in [0.15, 0.2) is 0 Å². The third-order valence-electron chi connectivity index (χ3n) is 2.39. The minimum absolute atomic E-state index is 0.288. The summed E-state index contributed by atoms with van der Waals surface area (Å²) in [5.41, 5.74) is 1.10. The summed E-state index contributed by atoms with van der Waals surface area (Å²) in [7, 11) is 1.31. The van der Waals surface area contributed by atoms with E-state index < -0.39 is 5.97 Å². The summed E-state index contributed by atoms with van der Waals surface area (Å²) < 4.78 is 4.66. The first-order valence-electron chi connectivity index (χ1n) is 5.61. The van der Waals surface area contributed by atoms with E-state index in [-0.39, 0.29) is 5.56 Å². The average Bonchev–Trinajstić information content (AvgIpc) is 2.45. The van der Waals surface area contributed by atoms with Crippen molar-refractivity contribution in [1.29, 1.82) is 0 Å². The van der Waals surface area contributed by atoms with Crippen molar-refractivity contribution in [3.63, 3.8) is 0 Å². The molecule has 0 aliphatic rings. The van der Waals surface area contributed by atoms with Crippen LogP contribution in [0.25, 0.3) is 0 Å². The van der Waals surface area contributed by atoms with Crippen molar-refractivity contribution in [2.75, 3.05) is 12.4 Å². The number of esters is 1. The van der Waals surface area contributed by atoms with E-state index in [1.165, 1.54) is 19.6 Å². The minimum Gasteiger partial charge on any atom is -0.465 e. The normalized spacial score (nSPS) is 10.0. The Kier molecular flexibility index (Phi) is 3.97. The average molecular weight is 259 g/mol. The van der Waals surface area contributed by atoms with Gasteiger partial charge >= 0.3 is 5.97 Å². The maximum atomic E-state index is 11.5. The Balaban J connectivity index is 2.13. The van der Waals surface area contributed by atoms with Gasteiger partial charge < -0.3 is 10.1 Å². The first-order valence-corrected chi connectivity index (χ1v) is 5.61. The van der Waals surface area contributed by atoms with Crippen LogP contribution in [0.15, 0.2) is 24.8 Å². The van der Waals surface area contributed by atoms with Crippen LogP contribution in [0.2, 0.25) is 0 Å². The van der Waals surface area contributed by atoms with E-state index in [1.807, 2.05) is 6.92 Å². The fourth-order valence-corrected chi connectivity index (χ4v) is 1.51. The van der Waals surface area contributed by atoms with Crippen molar-refractivity contribution in [3.8, 4) is 0 Å². The van der Waals surface area contributed by atoms with Crippen LogP contribution in [0, 0.1) is 6.92 Å². The third-order valence-corrected chi connectivity index (χ3v) is 2.39. The molecule has 0 saturated carbocycles. The van der Waals surface area contributed by atoms with Crippen LogP contribution in [0.5, 0.6) is 0 Å². The predicted molar refractivity (Wildman–Crippen MR) is 67.5 cm³/mol. The SMILES string of the molecule is COC(=O)c1cncnc1NCc1ccnc(C)n1. The summed E-state index contributed by atoms with van der Waals surface area (Å²) in [6.07, 6.45) is 4.45. The van der Waals surface area contributed by atoms with E-state index >= 15 is 0 Å². The van der Waals surface area contributed by atoms with Crippen molar-refractivity contribution in [1.82, 2.24) is 19.9 Å². The monoisotopic (exact) mass is 259 g/mol. The fraction of sp³-hybridized carbons (Fsp3) is 0.250. The molecule has 19 heavy (non-hydrogen) atoms. The van der Waals surface area contributed by atoms with Crippen molar-refractivity contribution in [2.24, 2.45) is 0 Å². The Bertz CT molecular complexity index is 588. The summed E-state index contributed by atoms with van der Waals surface area (Å²) >= 11 is 0. The second kappa shape index (κ2) is 5.85. The second-order valence-electron chi connectivity index (χ2n) is 3.73. The molecule has 7 nitrogen and oxygen atoms in total. The highest BCUT2D eigenvalue weighted by molar-refractivity contribution is 5.94. The summed E-state index contributed by atoms with van der Waals surface area (Å²) in [4.78, 5) is 27.6. The van der Waals surface area contributed by atoms with E-state index in [0.717, 1.165) is 5.69 Å². The van der Waals surface area contributed by atoms with Gasteiger partial charge in [0.2, 0.25) is 0 Å². The molecule has 2 rings (SSSR count). The molecule has 7 heteroatoms. The van der Waals surface area contributed by atoms with Gasteiger partial charge in [0, 0.05) is 12.4 Å². The number of anilines is 1. The van der Waals surface area contributed by atoms with Crippen LogP contribution < -0.4 is 5.32 Å². The molecule has 2 aromatic rings. The minimum atomic E-state index is -0.484. The van der Waals surface area contributed by atoms with Crippen LogP contribution in [0.3, 0.4) is 0 Å². The number of ether oxygens (including phenoxy) is 1. The lowest BCUT2D eigenvalue weighted by molar-refractivity contribution is 0.0601. The highest BCUT2D eigenvalue weighted by Gasteiger charge is 2.12. The molecular formula is C12H13N5O2. The number of aryl methyl sites for hydroxylation is 1. The maximum absolute atomic E-state index is 11.5. The molecule has 0 unspecified atom stereocenters. The van der Waals surface area contributed by atoms with Gasteiger partial charge in [-0.15, -0.1) is 0 Å². The first kappa shape index (κ1) is 12.9. The lowest BCUT2D eigenvalue weighted by Crippen LogP contribution is -2.11. The molecule has 0 spiro atoms. The standard InChI is InChI=1S/C12H13N5O2/c1-8-14-4-3-9(17-8)5-15-11-10(12(18)19-2)6-13-7-16-11/h3-4,6-7H,5H2,1-2H3,(H,13,15,16). The zero-order valence-corrected chi connectivity index (χ0v) is 10.6. The number of hydrogen-bond donors (Lipinski definition) is 1. The molecule has 0 fully saturated rings. The number of carbonyl (C=O) groups is 1. The highest BCUT2D eigenvalue weighted by Crippen LogP contribution is 2.12. The first-order chi connectivity index (χ1) is 9.20. The summed E-state index contributed by atoms with van der Waals surface area (Å²) in [6.45, 7) is 2.25. The van der Waals surface area contributed by atoms with Gasteiger partial charge in [-0.25, -0.2) is 24.7 Å². The predicted octanol–water partition coefficient (Wildman–Crippen LogP) is 0.974. The lowest BCUT2D eigenvalue weighted by Gasteiger charge is -2.08. The molecule has 0 radical (unpaired) electrons. The van der Waals surface area contributed by atoms with Gasteiger partial charge in [0.25, 0.3) is 0 Å². The summed E-state index contributed by atoms with van der Waals surface area (Å²) in [6, 6.07) is 1.79. The molecule has 1 N–H and O–H groups in total. The highest BCUT2D eigenvalue weighted by atomic mass is 16.5. The van der Waals surface area contributed by atoms with Gasteiger partial charge in [-0.05, 0) is 13.0 Å². The van der Waals surface area contributed by atoms with E-state index in [4.69, 9.17) is 0 Å². The second-order valence-corrected chi connectivity index (χ2v) is 3.73. The van der Waals surface area contributed by atoms with E-state index in [9.17, 15) is 4.79 Å². The van der Waals surface area contributed by atoms with Crippen molar-refractivity contribution >= 4 is 11.8 Å². The topological polar surface area (TPSA) is 89.9 Å². The van der Waals surface area contributed by atoms with Crippen LogP contribution in [-0.4, -0.2) is 33.0 Å². The molecular weight excluding hydrogens is 246 g/mol. The van der Waals surface area contributed by atoms with E-state index in [1.54, 1.807) is 12.3 Å². The molecule has 0 aliphatic carbocycles. The summed E-state index contributed by atoms with van der Waals surface area (Å²) in [5.74, 6) is 0.621. The van der Waals surface area contributed by atoms with Crippen molar-refractivity contribution in [2.45, 2.75) is 13.5 Å². The zero-order valence-electron chi connectivity index (χ0n) is 10.6. The molecule has 0 saturated heterocycles. The van der Waals surface area contributed by atoms with Crippen LogP contribution in [-0.2, 0) is 11.3 Å². The third kappa shape index (κ3) is 3.21. The molecule has 0 atom stereocenters. The Morgan fingerprint density at radius 1 is 1.42 bits per heavy atom. The fourth-order valence-electron chi connectivity index (χ4n) is 1.51. The number of nitrogens with one attached hydrogen (secondary N) is 1. The molecule has 2 heterocycles. The maximum Gasteiger partial charge on any atom is 0.343 e. The number of hydrogen-bond acceptors (Lipinski definition) is 7. The quantitative estimate of drug-likeness (QED) is 0.818. The Morgan fingerprint density at radius 3 is 3.00 bits per heavy atom. The molecule has 0 aliphatic heterocycles. The number of carbonyl (C=O) groups excluding carboxylic acids is 1. The largest absolute Gasteiger partial charge is 0.465 e. The Morgan fingerprint density at radius 2 is 2.26 bits per heavy atom. The van der Waals surface area contributed by atoms with Crippen LogP contribution >= 0.6 is 0 Å². The van der Waals surface area contributed by atoms with Gasteiger partial charge in [-0.1, -0.05) is 0 Å². The summed E-state index contributed by atoms with van der Waals surface area (Å²) in [5, 5.41) is 3.03. The number of methoxy groups -OCH3 is 1.